The van der Waals surface area contributed by atoms with E-state index in [2.05, 4.69) is 47.3 Å². The van der Waals surface area contributed by atoms with Crippen molar-refractivity contribution < 1.29 is 14.3 Å². The minimum atomic E-state index is -0.774. The third kappa shape index (κ3) is 6.13. The molecule has 5 nitrogen and oxygen atoms in total. The van der Waals surface area contributed by atoms with Crippen LogP contribution in [0, 0.1) is 11.3 Å². The maximum absolute atomic E-state index is 13.6. The van der Waals surface area contributed by atoms with Gasteiger partial charge in [-0.05, 0) is 89.3 Å². The van der Waals surface area contributed by atoms with Gasteiger partial charge in [-0.2, -0.15) is 0 Å². The number of thiophene rings is 1. The first-order valence-electron chi connectivity index (χ1n) is 12.0. The van der Waals surface area contributed by atoms with E-state index in [0.29, 0.717) is 32.9 Å². The molecule has 0 saturated heterocycles. The zero-order chi connectivity index (χ0) is 26.0. The number of anilines is 2. The average Bonchev–Trinajstić information content (AvgIpc) is 3.17. The highest BCUT2D eigenvalue weighted by Crippen LogP contribution is 2.44. The summed E-state index contributed by atoms with van der Waals surface area (Å²) in [6, 6.07) is 14.4. The molecule has 3 aromatic rings. The van der Waals surface area contributed by atoms with E-state index in [1.165, 1.54) is 11.3 Å². The molecule has 0 spiro atoms. The SMILES string of the molecule is CC(Oc1cccc(Cl)c1)C(=O)Nc1sc2c(c1C(=O)Nc1ccccc1Br)CCC(C(C)(C)C)C2. The van der Waals surface area contributed by atoms with Gasteiger partial charge in [-0.25, -0.2) is 0 Å². The highest BCUT2D eigenvalue weighted by Gasteiger charge is 2.34. The Bertz CT molecular complexity index is 1280. The van der Waals surface area contributed by atoms with E-state index in [-0.39, 0.29) is 17.2 Å². The van der Waals surface area contributed by atoms with E-state index in [1.54, 1.807) is 31.2 Å². The Hall–Kier alpha value is -2.35. The normalized spacial score (nSPS) is 16.1. The first-order chi connectivity index (χ1) is 17.0. The molecule has 0 aliphatic heterocycles. The summed E-state index contributed by atoms with van der Waals surface area (Å²) < 4.78 is 6.60. The quantitative estimate of drug-likeness (QED) is 0.306. The summed E-state index contributed by atoms with van der Waals surface area (Å²) in [5.74, 6) is 0.468. The van der Waals surface area contributed by atoms with E-state index in [1.807, 2.05) is 24.3 Å². The maximum Gasteiger partial charge on any atom is 0.265 e. The smallest absolute Gasteiger partial charge is 0.265 e. The molecule has 2 unspecified atom stereocenters. The number of halogens is 2. The van der Waals surface area contributed by atoms with Crippen molar-refractivity contribution in [3.8, 4) is 5.75 Å². The Morgan fingerprint density at radius 3 is 2.58 bits per heavy atom. The number of para-hydroxylation sites is 1. The van der Waals surface area contributed by atoms with E-state index in [9.17, 15) is 9.59 Å². The van der Waals surface area contributed by atoms with Crippen LogP contribution >= 0.6 is 38.9 Å². The van der Waals surface area contributed by atoms with Crippen LogP contribution < -0.4 is 15.4 Å². The van der Waals surface area contributed by atoms with E-state index in [4.69, 9.17) is 16.3 Å². The number of carbonyl (C=O) groups excluding carboxylic acids is 2. The number of amides is 2. The van der Waals surface area contributed by atoms with Crippen LogP contribution in [0.2, 0.25) is 5.02 Å². The van der Waals surface area contributed by atoms with Gasteiger partial charge in [0.25, 0.3) is 11.8 Å². The van der Waals surface area contributed by atoms with Crippen LogP contribution in [0.5, 0.6) is 5.75 Å². The lowest BCUT2D eigenvalue weighted by Gasteiger charge is -2.33. The van der Waals surface area contributed by atoms with Crippen molar-refractivity contribution in [3.05, 3.63) is 74.0 Å². The van der Waals surface area contributed by atoms with Crippen molar-refractivity contribution in [3.63, 3.8) is 0 Å². The molecule has 1 aromatic heterocycles. The Morgan fingerprint density at radius 1 is 1.14 bits per heavy atom. The first-order valence-corrected chi connectivity index (χ1v) is 13.9. The predicted octanol–water partition coefficient (Wildman–Crippen LogP) is 7.97. The number of ether oxygens (including phenoxy) is 1. The van der Waals surface area contributed by atoms with Gasteiger partial charge in [0.15, 0.2) is 6.10 Å². The summed E-state index contributed by atoms with van der Waals surface area (Å²) in [5, 5.41) is 7.10. The molecule has 0 radical (unpaired) electrons. The molecular weight excluding hydrogens is 560 g/mol. The monoisotopic (exact) mass is 588 g/mol. The molecule has 0 saturated carbocycles. The molecule has 4 rings (SSSR count). The van der Waals surface area contributed by atoms with Gasteiger partial charge >= 0.3 is 0 Å². The maximum atomic E-state index is 13.6. The summed E-state index contributed by atoms with van der Waals surface area (Å²) in [6.07, 6.45) is 1.92. The molecule has 190 valence electrons. The minimum Gasteiger partial charge on any atom is -0.481 e. The molecule has 0 fully saturated rings. The van der Waals surface area contributed by atoms with Gasteiger partial charge in [0.2, 0.25) is 0 Å². The third-order valence-corrected chi connectivity index (χ3v) is 8.65. The lowest BCUT2D eigenvalue weighted by atomic mass is 9.72. The molecule has 8 heteroatoms. The fourth-order valence-corrected chi connectivity index (χ4v) is 6.30. The lowest BCUT2D eigenvalue weighted by molar-refractivity contribution is -0.122. The molecule has 1 aliphatic rings. The van der Waals surface area contributed by atoms with Crippen molar-refractivity contribution >= 4 is 61.4 Å². The molecule has 1 heterocycles. The van der Waals surface area contributed by atoms with Crippen molar-refractivity contribution in [2.24, 2.45) is 11.3 Å². The largest absolute Gasteiger partial charge is 0.481 e. The van der Waals surface area contributed by atoms with Gasteiger partial charge in [-0.1, -0.05) is 50.6 Å². The number of benzene rings is 2. The Labute approximate surface area is 229 Å². The first kappa shape index (κ1) is 26.7. The number of fused-ring (bicyclic) bond motifs is 1. The second-order valence-corrected chi connectivity index (χ2v) is 12.6. The van der Waals surface area contributed by atoms with Crippen molar-refractivity contribution in [1.82, 2.24) is 0 Å². The van der Waals surface area contributed by atoms with E-state index < -0.39 is 6.10 Å². The van der Waals surface area contributed by atoms with Crippen molar-refractivity contribution in [2.75, 3.05) is 10.6 Å². The van der Waals surface area contributed by atoms with Gasteiger partial charge in [-0.15, -0.1) is 11.3 Å². The fraction of sp³-hybridized carbons (Fsp3) is 0.357. The zero-order valence-electron chi connectivity index (χ0n) is 20.8. The number of rotatable bonds is 6. The number of hydrogen-bond donors (Lipinski definition) is 2. The van der Waals surface area contributed by atoms with Crippen LogP contribution in [0.15, 0.2) is 53.0 Å². The summed E-state index contributed by atoms with van der Waals surface area (Å²) >= 11 is 11.0. The van der Waals surface area contributed by atoms with Crippen LogP contribution in [0.4, 0.5) is 10.7 Å². The Balaban J connectivity index is 1.62. The number of hydrogen-bond acceptors (Lipinski definition) is 4. The van der Waals surface area contributed by atoms with Gasteiger partial charge in [-0.3, -0.25) is 9.59 Å². The molecule has 2 aromatic carbocycles. The number of nitrogens with one attached hydrogen (secondary N) is 2. The third-order valence-electron chi connectivity index (χ3n) is 6.55. The molecule has 2 N–H and O–H groups in total. The number of carbonyl (C=O) groups is 2. The van der Waals surface area contributed by atoms with Crippen LogP contribution in [-0.4, -0.2) is 17.9 Å². The Kier molecular flexibility index (Phi) is 8.12. The lowest BCUT2D eigenvalue weighted by Crippen LogP contribution is -2.30. The molecule has 0 bridgehead atoms. The topological polar surface area (TPSA) is 67.4 Å². The van der Waals surface area contributed by atoms with Gasteiger partial charge < -0.3 is 15.4 Å². The highest BCUT2D eigenvalue weighted by atomic mass is 79.9. The molecule has 2 atom stereocenters. The summed E-state index contributed by atoms with van der Waals surface area (Å²) in [4.78, 5) is 27.8. The van der Waals surface area contributed by atoms with Crippen LogP contribution in [0.1, 0.15) is 54.9 Å². The molecular formula is C28H30BrClN2O3S. The average molecular weight is 590 g/mol. The molecule has 36 heavy (non-hydrogen) atoms. The minimum absolute atomic E-state index is 0.168. The Morgan fingerprint density at radius 2 is 1.89 bits per heavy atom. The van der Waals surface area contributed by atoms with Crippen LogP contribution in [0.3, 0.4) is 0 Å². The second-order valence-electron chi connectivity index (χ2n) is 10.2. The van der Waals surface area contributed by atoms with E-state index in [0.717, 1.165) is 34.2 Å². The van der Waals surface area contributed by atoms with Gasteiger partial charge in [0.1, 0.15) is 10.8 Å². The summed E-state index contributed by atoms with van der Waals surface area (Å²) in [7, 11) is 0. The summed E-state index contributed by atoms with van der Waals surface area (Å²) in [5.41, 5.74) is 2.42. The molecule has 1 aliphatic carbocycles. The molecule has 2 amide bonds. The predicted molar refractivity (Wildman–Crippen MR) is 152 cm³/mol. The van der Waals surface area contributed by atoms with Gasteiger partial charge in [0.05, 0.1) is 11.3 Å². The fourth-order valence-electron chi connectivity index (χ4n) is 4.41. The highest BCUT2D eigenvalue weighted by molar-refractivity contribution is 9.10. The summed E-state index contributed by atoms with van der Waals surface area (Å²) in [6.45, 7) is 8.46. The zero-order valence-corrected chi connectivity index (χ0v) is 23.9. The van der Waals surface area contributed by atoms with Crippen molar-refractivity contribution in [2.45, 2.75) is 53.1 Å². The van der Waals surface area contributed by atoms with Crippen LogP contribution in [-0.2, 0) is 17.6 Å². The second kappa shape index (κ2) is 11.0. The van der Waals surface area contributed by atoms with Crippen LogP contribution in [0.25, 0.3) is 0 Å². The van der Waals surface area contributed by atoms with Gasteiger partial charge in [0, 0.05) is 14.4 Å². The standard InChI is InChI=1S/C28H30BrClN2O3S/c1-16(35-19-9-7-8-18(30)15-19)25(33)32-27-24(26(34)31-22-11-6-5-10-21(22)29)20-13-12-17(28(2,3)4)14-23(20)36-27/h5-11,15-17H,12-14H2,1-4H3,(H,31,34)(H,32,33). The van der Waals surface area contributed by atoms with Crippen molar-refractivity contribution in [1.29, 1.82) is 0 Å². The van der Waals surface area contributed by atoms with E-state index >= 15 is 0 Å².